The predicted molar refractivity (Wildman–Crippen MR) is 128 cm³/mol. The van der Waals surface area contributed by atoms with E-state index in [1.54, 1.807) is 0 Å². The molecule has 0 aromatic heterocycles. The van der Waals surface area contributed by atoms with Crippen LogP contribution in [-0.2, 0) is 23.5 Å². The first-order chi connectivity index (χ1) is 15.4. The van der Waals surface area contributed by atoms with Crippen molar-refractivity contribution in [3.63, 3.8) is 0 Å². The number of phosphoric ester groups is 1. The van der Waals surface area contributed by atoms with Crippen molar-refractivity contribution >= 4 is 36.5 Å². The highest BCUT2D eigenvalue weighted by atomic mass is 32.2. The van der Waals surface area contributed by atoms with Crippen LogP contribution in [0.25, 0.3) is 0 Å². The zero-order chi connectivity index (χ0) is 25.3. The van der Waals surface area contributed by atoms with Gasteiger partial charge >= 0.3 is 7.82 Å². The van der Waals surface area contributed by atoms with Crippen molar-refractivity contribution in [2.24, 2.45) is 5.41 Å². The minimum Gasteiger partial charge on any atom is -0.383 e. The number of aliphatic hydroxyl groups is 1. The van der Waals surface area contributed by atoms with Gasteiger partial charge in [-0.3, -0.25) is 18.9 Å². The maximum atomic E-state index is 12.0. The summed E-state index contributed by atoms with van der Waals surface area (Å²) in [4.78, 5) is 53.2. The van der Waals surface area contributed by atoms with Crippen LogP contribution < -0.4 is 10.6 Å². The Morgan fingerprint density at radius 3 is 2.18 bits per heavy atom. The van der Waals surface area contributed by atoms with Crippen LogP contribution in [0.15, 0.2) is 0 Å². The zero-order valence-electron chi connectivity index (χ0n) is 20.0. The average molecular weight is 513 g/mol. The Hall–Kier alpha value is -0.970. The molecule has 2 amide bonds. The van der Waals surface area contributed by atoms with E-state index < -0.39 is 31.9 Å². The van der Waals surface area contributed by atoms with Crippen molar-refractivity contribution in [2.75, 3.05) is 25.4 Å². The molecule has 10 nitrogen and oxygen atoms in total. The fourth-order valence-corrected chi connectivity index (χ4v) is 4.04. The molecule has 0 aliphatic rings. The van der Waals surface area contributed by atoms with Crippen molar-refractivity contribution in [3.05, 3.63) is 0 Å². The normalized spacial score (nSPS) is 12.9. The molecule has 0 fully saturated rings. The van der Waals surface area contributed by atoms with E-state index in [0.29, 0.717) is 18.7 Å². The topological polar surface area (TPSA) is 162 Å². The second-order valence-electron chi connectivity index (χ2n) is 8.64. The SMILES string of the molecule is CCCCCCCCCC(=O)SCCNC(=O)CCNC(=O)C(O)C(C)(C)COP(=O)(O)O. The van der Waals surface area contributed by atoms with Crippen molar-refractivity contribution in [1.29, 1.82) is 0 Å². The molecular formula is C21H41N2O8PS. The molecule has 0 saturated heterocycles. The molecular weight excluding hydrogens is 471 g/mol. The molecule has 0 bridgehead atoms. The molecule has 12 heteroatoms. The first-order valence-corrected chi connectivity index (χ1v) is 14.0. The van der Waals surface area contributed by atoms with Gasteiger partial charge < -0.3 is 25.5 Å². The number of unbranched alkanes of at least 4 members (excludes halogenated alkanes) is 6. The molecule has 0 aromatic carbocycles. The number of phosphoric acid groups is 1. The Labute approximate surface area is 201 Å². The van der Waals surface area contributed by atoms with Crippen LogP contribution in [0, 0.1) is 5.41 Å². The summed E-state index contributed by atoms with van der Waals surface area (Å²) in [7, 11) is -4.72. The summed E-state index contributed by atoms with van der Waals surface area (Å²) in [5.74, 6) is -0.581. The Morgan fingerprint density at radius 2 is 1.58 bits per heavy atom. The lowest BCUT2D eigenvalue weighted by Crippen LogP contribution is -2.46. The summed E-state index contributed by atoms with van der Waals surface area (Å²) in [5.41, 5.74) is -1.24. The Morgan fingerprint density at radius 1 is 0.970 bits per heavy atom. The number of amides is 2. The number of carbonyl (C=O) groups excluding carboxylic acids is 3. The number of thioether (sulfide) groups is 1. The molecule has 0 spiro atoms. The van der Waals surface area contributed by atoms with Gasteiger partial charge in [-0.05, 0) is 6.42 Å². The standard InChI is InChI=1S/C21H41N2O8PS/c1-4-5-6-7-8-9-10-11-18(25)33-15-14-22-17(24)12-13-23-20(27)19(26)21(2,3)16-31-32(28,29)30/h19,26H,4-16H2,1-3H3,(H,22,24)(H,23,27)(H2,28,29,30). The third-order valence-corrected chi connectivity index (χ3v) is 6.32. The van der Waals surface area contributed by atoms with Gasteiger partial charge in [-0.25, -0.2) is 4.57 Å². The number of nitrogens with one attached hydrogen (secondary N) is 2. The Kier molecular flexibility index (Phi) is 16.9. The number of carbonyl (C=O) groups is 3. The Bertz CT molecular complexity index is 642. The number of aliphatic hydroxyl groups excluding tert-OH is 1. The summed E-state index contributed by atoms with van der Waals surface area (Å²) < 4.78 is 15.1. The third-order valence-electron chi connectivity index (χ3n) is 4.92. The van der Waals surface area contributed by atoms with Crippen LogP contribution in [0.2, 0.25) is 0 Å². The lowest BCUT2D eigenvalue weighted by molar-refractivity contribution is -0.137. The van der Waals surface area contributed by atoms with Gasteiger partial charge in [0.1, 0.15) is 6.10 Å². The smallest absolute Gasteiger partial charge is 0.383 e. The average Bonchev–Trinajstić information content (AvgIpc) is 2.73. The van der Waals surface area contributed by atoms with Crippen molar-refractivity contribution in [3.8, 4) is 0 Å². The van der Waals surface area contributed by atoms with E-state index in [2.05, 4.69) is 22.1 Å². The summed E-state index contributed by atoms with van der Waals surface area (Å²) in [6.07, 6.45) is 7.08. The van der Waals surface area contributed by atoms with Crippen LogP contribution in [-0.4, -0.2) is 63.4 Å². The van der Waals surface area contributed by atoms with Crippen LogP contribution in [0.5, 0.6) is 0 Å². The van der Waals surface area contributed by atoms with Crippen molar-refractivity contribution < 1.29 is 38.4 Å². The highest BCUT2D eigenvalue weighted by Gasteiger charge is 2.35. The highest BCUT2D eigenvalue weighted by Crippen LogP contribution is 2.38. The molecule has 1 unspecified atom stereocenters. The number of hydrogen-bond acceptors (Lipinski definition) is 7. The molecule has 0 aliphatic heterocycles. The van der Waals surface area contributed by atoms with E-state index in [4.69, 9.17) is 9.79 Å². The van der Waals surface area contributed by atoms with E-state index in [-0.39, 0.29) is 24.0 Å². The summed E-state index contributed by atoms with van der Waals surface area (Å²) in [5, 5.41) is 15.3. The van der Waals surface area contributed by atoms with Crippen LogP contribution in [0.1, 0.15) is 78.6 Å². The van der Waals surface area contributed by atoms with Gasteiger partial charge in [0, 0.05) is 37.1 Å². The molecule has 0 aliphatic carbocycles. The van der Waals surface area contributed by atoms with Crippen molar-refractivity contribution in [1.82, 2.24) is 10.6 Å². The van der Waals surface area contributed by atoms with Crippen LogP contribution in [0.4, 0.5) is 0 Å². The van der Waals surface area contributed by atoms with Crippen molar-refractivity contribution in [2.45, 2.75) is 84.7 Å². The predicted octanol–water partition coefficient (Wildman–Crippen LogP) is 2.51. The largest absolute Gasteiger partial charge is 0.469 e. The first kappa shape index (κ1) is 32.0. The minimum atomic E-state index is -4.72. The van der Waals surface area contributed by atoms with E-state index in [0.717, 1.165) is 12.8 Å². The lowest BCUT2D eigenvalue weighted by Gasteiger charge is -2.29. The zero-order valence-corrected chi connectivity index (χ0v) is 21.7. The second-order valence-corrected chi connectivity index (χ2v) is 11.0. The minimum absolute atomic E-state index is 0.00544. The monoisotopic (exact) mass is 512 g/mol. The van der Waals surface area contributed by atoms with Gasteiger partial charge in [-0.2, -0.15) is 0 Å². The molecule has 5 N–H and O–H groups in total. The highest BCUT2D eigenvalue weighted by molar-refractivity contribution is 8.13. The summed E-state index contributed by atoms with van der Waals surface area (Å²) in [6.45, 7) is 4.83. The maximum absolute atomic E-state index is 12.0. The Balaban J connectivity index is 3.87. The van der Waals surface area contributed by atoms with Gasteiger partial charge in [0.15, 0.2) is 5.12 Å². The van der Waals surface area contributed by atoms with Gasteiger partial charge in [0.05, 0.1) is 6.61 Å². The van der Waals surface area contributed by atoms with Gasteiger partial charge in [-0.1, -0.05) is 71.1 Å². The van der Waals surface area contributed by atoms with Crippen LogP contribution >= 0.6 is 19.6 Å². The van der Waals surface area contributed by atoms with E-state index in [9.17, 15) is 24.1 Å². The van der Waals surface area contributed by atoms with Gasteiger partial charge in [-0.15, -0.1) is 0 Å². The summed E-state index contributed by atoms with van der Waals surface area (Å²) in [6, 6.07) is 0. The quantitative estimate of drug-likeness (QED) is 0.129. The van der Waals surface area contributed by atoms with E-state index >= 15 is 0 Å². The molecule has 194 valence electrons. The third kappa shape index (κ3) is 18.1. The molecule has 0 aromatic rings. The van der Waals surface area contributed by atoms with Gasteiger partial charge in [0.25, 0.3) is 0 Å². The number of rotatable bonds is 19. The fourth-order valence-electron chi connectivity index (χ4n) is 2.82. The number of hydrogen-bond donors (Lipinski definition) is 5. The van der Waals surface area contributed by atoms with Crippen LogP contribution in [0.3, 0.4) is 0 Å². The maximum Gasteiger partial charge on any atom is 0.469 e. The molecule has 33 heavy (non-hydrogen) atoms. The van der Waals surface area contributed by atoms with Gasteiger partial charge in [0.2, 0.25) is 11.8 Å². The molecule has 0 rings (SSSR count). The molecule has 0 radical (unpaired) electrons. The fraction of sp³-hybridized carbons (Fsp3) is 0.857. The lowest BCUT2D eigenvalue weighted by atomic mass is 9.87. The molecule has 0 saturated carbocycles. The molecule has 0 heterocycles. The molecule has 1 atom stereocenters. The van der Waals surface area contributed by atoms with E-state index in [1.807, 2.05) is 0 Å². The first-order valence-electron chi connectivity index (χ1n) is 11.5. The summed E-state index contributed by atoms with van der Waals surface area (Å²) >= 11 is 1.21. The van der Waals surface area contributed by atoms with E-state index in [1.165, 1.54) is 57.7 Å². The second kappa shape index (κ2) is 17.5.